The third-order valence-electron chi connectivity index (χ3n) is 6.78. The molecular weight excluding hydrogens is 508 g/mol. The minimum Gasteiger partial charge on any atom is -0.434 e. The Morgan fingerprint density at radius 1 is 0.600 bits per heavy atom. The van der Waals surface area contributed by atoms with Crippen LogP contribution in [0.1, 0.15) is 148 Å². The third-order valence-corrected chi connectivity index (χ3v) is 6.78. The normalized spacial score (nSPS) is 16.4. The van der Waals surface area contributed by atoms with Crippen molar-refractivity contribution >= 4 is 6.16 Å². The first-order valence-corrected chi connectivity index (χ1v) is 15.7. The number of hydrogen-bond donors (Lipinski definition) is 0. The molecule has 0 rings (SSSR count). The topological polar surface area (TPSA) is 72.5 Å². The zero-order valence-corrected chi connectivity index (χ0v) is 28.7. The number of carbonyl (C=O) groups is 1. The molecule has 0 radical (unpaired) electrons. The van der Waals surface area contributed by atoms with Crippen LogP contribution in [0.3, 0.4) is 0 Å². The zero-order chi connectivity index (χ0) is 31.2. The van der Waals surface area contributed by atoms with Crippen molar-refractivity contribution in [1.29, 1.82) is 0 Å². The Balaban J connectivity index is 4.96. The maximum Gasteiger partial charge on any atom is 0.508 e. The van der Waals surface area contributed by atoms with Gasteiger partial charge in [-0.1, -0.05) is 81.1 Å². The van der Waals surface area contributed by atoms with E-state index >= 15 is 0 Å². The van der Waals surface area contributed by atoms with E-state index in [0.29, 0.717) is 0 Å². The van der Waals surface area contributed by atoms with E-state index in [4.69, 9.17) is 29.0 Å². The van der Waals surface area contributed by atoms with Crippen LogP contribution in [0.25, 0.3) is 0 Å². The Hall–Kier alpha value is -0.890. The molecule has 4 atom stereocenters. The molecule has 0 saturated carbocycles. The summed E-state index contributed by atoms with van der Waals surface area (Å²) in [5.74, 6) is 0.0176. The van der Waals surface area contributed by atoms with Crippen LogP contribution in [0.5, 0.6) is 0 Å². The minimum atomic E-state index is -0.662. The first-order valence-electron chi connectivity index (χ1n) is 15.7. The highest BCUT2D eigenvalue weighted by Gasteiger charge is 2.31. The van der Waals surface area contributed by atoms with Crippen LogP contribution in [-0.4, -0.2) is 42.8 Å². The van der Waals surface area contributed by atoms with Gasteiger partial charge in [-0.15, -0.1) is 0 Å². The highest BCUT2D eigenvalue weighted by atomic mass is 17.2. The highest BCUT2D eigenvalue weighted by Crippen LogP contribution is 2.32. The molecule has 7 heteroatoms. The fourth-order valence-electron chi connectivity index (χ4n) is 5.41. The van der Waals surface area contributed by atoms with Crippen LogP contribution < -0.4 is 0 Å². The maximum atomic E-state index is 12.6. The Kier molecular flexibility index (Phi) is 17.5. The molecule has 240 valence electrons. The van der Waals surface area contributed by atoms with Crippen LogP contribution in [-0.2, 0) is 29.0 Å². The van der Waals surface area contributed by atoms with Gasteiger partial charge in [0.15, 0.2) is 0 Å². The lowest BCUT2D eigenvalue weighted by atomic mass is 9.84. The summed E-state index contributed by atoms with van der Waals surface area (Å²) in [7, 11) is 0. The van der Waals surface area contributed by atoms with Crippen molar-refractivity contribution in [2.24, 2.45) is 22.7 Å². The number of ether oxygens (including phenoxy) is 2. The van der Waals surface area contributed by atoms with Gasteiger partial charge in [0.2, 0.25) is 0 Å². The molecule has 0 amide bonds. The number of hydrogen-bond acceptors (Lipinski definition) is 7. The molecule has 4 unspecified atom stereocenters. The molecule has 0 N–H and O–H groups in total. The summed E-state index contributed by atoms with van der Waals surface area (Å²) in [6.45, 7) is 30.0. The SMILES string of the molecule is CCCCC(COC(=O)OCC(CCCC)C(C)OOC(C)(C)CC(C)(C)C)C(C)OOC(C)(C)CC(C)(C)C. The monoisotopic (exact) mass is 574 g/mol. The summed E-state index contributed by atoms with van der Waals surface area (Å²) in [5, 5.41) is 0. The van der Waals surface area contributed by atoms with Crippen LogP contribution in [0, 0.1) is 22.7 Å². The van der Waals surface area contributed by atoms with Gasteiger partial charge in [-0.3, -0.25) is 0 Å². The first-order chi connectivity index (χ1) is 18.2. The predicted octanol–water partition coefficient (Wildman–Crippen LogP) is 9.86. The van der Waals surface area contributed by atoms with E-state index in [9.17, 15) is 4.79 Å². The number of carbonyl (C=O) groups excluding carboxylic acids is 1. The summed E-state index contributed by atoms with van der Waals surface area (Å²) >= 11 is 0. The van der Waals surface area contributed by atoms with Crippen LogP contribution in [0.15, 0.2) is 0 Å². The van der Waals surface area contributed by atoms with Crippen molar-refractivity contribution in [1.82, 2.24) is 0 Å². The van der Waals surface area contributed by atoms with Crippen molar-refractivity contribution < 1.29 is 33.8 Å². The summed E-state index contributed by atoms with van der Waals surface area (Å²) < 4.78 is 11.1. The molecule has 0 fully saturated rings. The van der Waals surface area contributed by atoms with Crippen molar-refractivity contribution in [3.8, 4) is 0 Å². The first kappa shape index (κ1) is 39.1. The van der Waals surface area contributed by atoms with Gasteiger partial charge in [-0.25, -0.2) is 24.3 Å². The van der Waals surface area contributed by atoms with E-state index in [1.54, 1.807) is 0 Å². The smallest absolute Gasteiger partial charge is 0.434 e. The molecule has 0 saturated heterocycles. The number of unbranched alkanes of at least 4 members (excludes halogenated alkanes) is 2. The minimum absolute atomic E-state index is 0.00882. The molecule has 0 heterocycles. The van der Waals surface area contributed by atoms with Crippen molar-refractivity contribution in [2.75, 3.05) is 13.2 Å². The van der Waals surface area contributed by atoms with E-state index in [1.807, 2.05) is 41.5 Å². The average Bonchev–Trinajstić information content (AvgIpc) is 2.78. The van der Waals surface area contributed by atoms with Gasteiger partial charge in [0.1, 0.15) is 13.2 Å². The van der Waals surface area contributed by atoms with Gasteiger partial charge in [0, 0.05) is 11.8 Å². The molecule has 0 aliphatic heterocycles. The van der Waals surface area contributed by atoms with Crippen molar-refractivity contribution in [3.05, 3.63) is 0 Å². The van der Waals surface area contributed by atoms with Gasteiger partial charge in [0.05, 0.1) is 23.4 Å². The lowest BCUT2D eigenvalue weighted by Gasteiger charge is -2.33. The molecule has 7 nitrogen and oxygen atoms in total. The fraction of sp³-hybridized carbons (Fsp3) is 0.970. The molecule has 0 spiro atoms. The molecule has 0 aliphatic rings. The van der Waals surface area contributed by atoms with Gasteiger partial charge in [-0.05, 0) is 78.1 Å². The van der Waals surface area contributed by atoms with Crippen molar-refractivity contribution in [2.45, 2.75) is 172 Å². The molecule has 0 aromatic heterocycles. The lowest BCUT2D eigenvalue weighted by Crippen LogP contribution is -2.35. The van der Waals surface area contributed by atoms with E-state index in [1.165, 1.54) is 0 Å². The van der Waals surface area contributed by atoms with Crippen LogP contribution >= 0.6 is 0 Å². The second kappa shape index (κ2) is 17.9. The second-order valence-electron chi connectivity index (χ2n) is 15.4. The van der Waals surface area contributed by atoms with Gasteiger partial charge in [0.25, 0.3) is 0 Å². The van der Waals surface area contributed by atoms with E-state index in [2.05, 4.69) is 55.4 Å². The summed E-state index contributed by atoms with van der Waals surface area (Å²) in [6, 6.07) is 0. The zero-order valence-electron chi connectivity index (χ0n) is 28.7. The fourth-order valence-corrected chi connectivity index (χ4v) is 5.41. The Labute approximate surface area is 247 Å². The highest BCUT2D eigenvalue weighted by molar-refractivity contribution is 5.59. The standard InChI is InChI=1S/C33H66O7/c1-15-17-19-27(25(3)37-39-32(11,12)23-30(5,6)7)21-35-29(34)36-22-28(20-18-16-2)26(4)38-40-33(13,14)24-31(8,9)10/h25-28H,15-24H2,1-14H3. The van der Waals surface area contributed by atoms with Crippen LogP contribution in [0.2, 0.25) is 0 Å². The van der Waals surface area contributed by atoms with E-state index in [-0.39, 0.29) is 48.1 Å². The van der Waals surface area contributed by atoms with Crippen LogP contribution in [0.4, 0.5) is 4.79 Å². The summed E-state index contributed by atoms with van der Waals surface area (Å²) in [6.07, 6.45) is 6.49. The predicted molar refractivity (Wildman–Crippen MR) is 163 cm³/mol. The van der Waals surface area contributed by atoms with Gasteiger partial charge in [-0.2, -0.15) is 0 Å². The Bertz CT molecular complexity index is 619. The van der Waals surface area contributed by atoms with Crippen molar-refractivity contribution in [3.63, 3.8) is 0 Å². The van der Waals surface area contributed by atoms with Gasteiger partial charge < -0.3 is 9.47 Å². The lowest BCUT2D eigenvalue weighted by molar-refractivity contribution is -0.386. The molecule has 0 bridgehead atoms. The molecule has 40 heavy (non-hydrogen) atoms. The summed E-state index contributed by atoms with van der Waals surface area (Å²) in [5.41, 5.74) is -0.590. The molecule has 0 aromatic rings. The maximum absolute atomic E-state index is 12.6. The second-order valence-corrected chi connectivity index (χ2v) is 15.4. The number of rotatable bonds is 20. The third kappa shape index (κ3) is 20.1. The summed E-state index contributed by atoms with van der Waals surface area (Å²) in [4.78, 5) is 36.0. The van der Waals surface area contributed by atoms with Gasteiger partial charge >= 0.3 is 6.16 Å². The largest absolute Gasteiger partial charge is 0.508 e. The molecule has 0 aromatic carbocycles. The Morgan fingerprint density at radius 3 is 1.20 bits per heavy atom. The average molecular weight is 575 g/mol. The Morgan fingerprint density at radius 2 is 0.925 bits per heavy atom. The van der Waals surface area contributed by atoms with E-state index in [0.717, 1.165) is 51.4 Å². The van der Waals surface area contributed by atoms with E-state index < -0.39 is 17.4 Å². The quantitative estimate of drug-likeness (QED) is 0.0814. The molecular formula is C33H66O7. The molecule has 0 aliphatic carbocycles.